The Morgan fingerprint density at radius 1 is 0.676 bits per heavy atom. The van der Waals surface area contributed by atoms with Crippen molar-refractivity contribution >= 4 is 11.8 Å². The zero-order valence-electron chi connectivity index (χ0n) is 20.2. The average molecular weight is 469 g/mol. The van der Waals surface area contributed by atoms with Crippen LogP contribution < -0.4 is 0 Å². The third-order valence-corrected chi connectivity index (χ3v) is 7.54. The molecule has 4 rings (SSSR count). The third kappa shape index (κ3) is 4.33. The molecule has 0 atom stereocenters. The van der Waals surface area contributed by atoms with E-state index in [9.17, 15) is 10.2 Å². The smallest absolute Gasteiger partial charge is 0.123 e. The van der Waals surface area contributed by atoms with E-state index >= 15 is 0 Å². The fourth-order valence-electron chi connectivity index (χ4n) is 5.05. The van der Waals surface area contributed by atoms with E-state index in [0.29, 0.717) is 5.75 Å². The van der Waals surface area contributed by atoms with Gasteiger partial charge in [0.15, 0.2) is 0 Å². The first kappa shape index (κ1) is 24.0. The Hall–Kier alpha value is -3.17. The maximum Gasteiger partial charge on any atom is 0.123 e. The van der Waals surface area contributed by atoms with Gasteiger partial charge in [0.2, 0.25) is 0 Å². The summed E-state index contributed by atoms with van der Waals surface area (Å²) in [4.78, 5) is 2.10. The fourth-order valence-corrected chi connectivity index (χ4v) is 5.98. The molecule has 0 aliphatic heterocycles. The normalized spacial score (nSPS) is 12.0. The summed E-state index contributed by atoms with van der Waals surface area (Å²) in [5.74, 6) is 0.616. The molecule has 174 valence electrons. The van der Waals surface area contributed by atoms with E-state index in [1.165, 1.54) is 0 Å². The molecular weight excluding hydrogens is 436 g/mol. The molecule has 4 aromatic rings. The van der Waals surface area contributed by atoms with Crippen molar-refractivity contribution in [3.8, 4) is 11.5 Å². The van der Waals surface area contributed by atoms with E-state index in [4.69, 9.17) is 0 Å². The van der Waals surface area contributed by atoms with Crippen LogP contribution in [0.2, 0.25) is 0 Å². The highest BCUT2D eigenvalue weighted by atomic mass is 32.2. The number of phenols is 2. The molecule has 4 aromatic carbocycles. The largest absolute Gasteiger partial charge is 0.508 e. The van der Waals surface area contributed by atoms with E-state index in [-0.39, 0.29) is 11.2 Å². The molecule has 34 heavy (non-hydrogen) atoms. The summed E-state index contributed by atoms with van der Waals surface area (Å²) in [5, 5.41) is 21.4. The number of aromatic hydroxyl groups is 2. The van der Waals surface area contributed by atoms with Gasteiger partial charge in [-0.1, -0.05) is 100 Å². The number of phenolic OH excluding ortho intramolecular Hbond substituents is 2. The van der Waals surface area contributed by atoms with E-state index in [1.54, 1.807) is 23.9 Å². The minimum absolute atomic E-state index is 0.250. The predicted molar refractivity (Wildman–Crippen MR) is 142 cm³/mol. The molecule has 0 unspecified atom stereocenters. The molecular formula is C31H32O2S. The molecule has 0 spiro atoms. The van der Waals surface area contributed by atoms with Gasteiger partial charge in [-0.2, -0.15) is 0 Å². The van der Waals surface area contributed by atoms with Crippen LogP contribution in [0.25, 0.3) is 0 Å². The molecule has 0 radical (unpaired) electrons. The van der Waals surface area contributed by atoms with Crippen molar-refractivity contribution in [2.75, 3.05) is 0 Å². The second kappa shape index (κ2) is 9.60. The van der Waals surface area contributed by atoms with Gasteiger partial charge in [-0.15, -0.1) is 0 Å². The first-order valence-corrected chi connectivity index (χ1v) is 12.5. The Balaban J connectivity index is 2.04. The number of aryl methyl sites for hydroxylation is 1. The molecule has 2 nitrogen and oxygen atoms in total. The van der Waals surface area contributed by atoms with E-state index < -0.39 is 5.41 Å². The van der Waals surface area contributed by atoms with Gasteiger partial charge >= 0.3 is 0 Å². The van der Waals surface area contributed by atoms with Crippen molar-refractivity contribution in [2.45, 2.75) is 49.3 Å². The second-order valence-electron chi connectivity index (χ2n) is 9.66. The average Bonchev–Trinajstić information content (AvgIpc) is 2.83. The standard InChI is InChI=1S/C31H32O2S/c1-5-22-20-27(34-26-18-16-25(32)17-19-26)21-28(29(22)33)31(30(2,3)4,23-12-8-6-9-13-23)24-14-10-7-11-15-24/h6-21,32-33H,5H2,1-4H3. The van der Waals surface area contributed by atoms with Crippen molar-refractivity contribution in [3.05, 3.63) is 119 Å². The topological polar surface area (TPSA) is 40.5 Å². The maximum absolute atomic E-state index is 11.7. The van der Waals surface area contributed by atoms with Gasteiger partial charge in [0.05, 0.1) is 5.41 Å². The number of hydrogen-bond acceptors (Lipinski definition) is 3. The van der Waals surface area contributed by atoms with Gasteiger partial charge < -0.3 is 10.2 Å². The van der Waals surface area contributed by atoms with Gasteiger partial charge in [0.25, 0.3) is 0 Å². The van der Waals surface area contributed by atoms with Crippen LogP contribution in [0.1, 0.15) is 49.9 Å². The lowest BCUT2D eigenvalue weighted by Crippen LogP contribution is -2.42. The summed E-state index contributed by atoms with van der Waals surface area (Å²) in [7, 11) is 0. The molecule has 2 N–H and O–H groups in total. The van der Waals surface area contributed by atoms with Crippen molar-refractivity contribution < 1.29 is 10.2 Å². The van der Waals surface area contributed by atoms with Gasteiger partial charge in [-0.05, 0) is 64.9 Å². The SMILES string of the molecule is CCc1cc(Sc2ccc(O)cc2)cc(C(c2ccccc2)(c2ccccc2)C(C)(C)C)c1O. The summed E-state index contributed by atoms with van der Waals surface area (Å²) >= 11 is 1.64. The summed E-state index contributed by atoms with van der Waals surface area (Å²) < 4.78 is 0. The second-order valence-corrected chi connectivity index (χ2v) is 10.8. The van der Waals surface area contributed by atoms with Crippen LogP contribution in [0, 0.1) is 5.41 Å². The molecule has 0 heterocycles. The first-order valence-electron chi connectivity index (χ1n) is 11.7. The minimum Gasteiger partial charge on any atom is -0.508 e. The maximum atomic E-state index is 11.7. The zero-order chi connectivity index (χ0) is 24.3. The van der Waals surface area contributed by atoms with Crippen molar-refractivity contribution in [2.24, 2.45) is 5.41 Å². The van der Waals surface area contributed by atoms with Crippen molar-refractivity contribution in [1.29, 1.82) is 0 Å². The Kier molecular flexibility index (Phi) is 6.77. The van der Waals surface area contributed by atoms with Gasteiger partial charge in [-0.3, -0.25) is 0 Å². The van der Waals surface area contributed by atoms with Crippen LogP contribution in [-0.4, -0.2) is 10.2 Å². The Bertz CT molecular complexity index is 1200. The molecule has 0 saturated heterocycles. The zero-order valence-corrected chi connectivity index (χ0v) is 21.1. The van der Waals surface area contributed by atoms with Gasteiger partial charge in [0, 0.05) is 15.4 Å². The molecule has 0 aromatic heterocycles. The summed E-state index contributed by atoms with van der Waals surface area (Å²) in [6.45, 7) is 8.82. The third-order valence-electron chi connectivity index (χ3n) is 6.56. The molecule has 0 aliphatic carbocycles. The molecule has 0 aliphatic rings. The highest BCUT2D eigenvalue weighted by Crippen LogP contribution is 2.55. The minimum atomic E-state index is -0.574. The van der Waals surface area contributed by atoms with Crippen LogP contribution in [0.3, 0.4) is 0 Å². The summed E-state index contributed by atoms with van der Waals surface area (Å²) in [6, 6.07) is 32.5. The summed E-state index contributed by atoms with van der Waals surface area (Å²) in [6.07, 6.45) is 0.729. The monoisotopic (exact) mass is 468 g/mol. The quantitative estimate of drug-likeness (QED) is 0.280. The predicted octanol–water partition coefficient (Wildman–Crippen LogP) is 8.19. The Morgan fingerprint density at radius 2 is 1.21 bits per heavy atom. The number of benzene rings is 4. The van der Waals surface area contributed by atoms with Crippen molar-refractivity contribution in [1.82, 2.24) is 0 Å². The van der Waals surface area contributed by atoms with Crippen LogP contribution in [0.5, 0.6) is 11.5 Å². The Labute approximate surface area is 207 Å². The van der Waals surface area contributed by atoms with Crippen LogP contribution in [0.15, 0.2) is 107 Å². The van der Waals surface area contributed by atoms with Crippen molar-refractivity contribution in [3.63, 3.8) is 0 Å². The Morgan fingerprint density at radius 3 is 1.68 bits per heavy atom. The molecule has 0 fully saturated rings. The molecule has 3 heteroatoms. The highest BCUT2D eigenvalue weighted by Gasteiger charge is 2.48. The first-order chi connectivity index (χ1) is 16.3. The lowest BCUT2D eigenvalue weighted by molar-refractivity contribution is 0.264. The molecule has 0 bridgehead atoms. The van der Waals surface area contributed by atoms with Gasteiger partial charge in [0.1, 0.15) is 11.5 Å². The van der Waals surface area contributed by atoms with Crippen LogP contribution >= 0.6 is 11.8 Å². The molecule has 0 amide bonds. The lowest BCUT2D eigenvalue weighted by Gasteiger charge is -2.47. The van der Waals surface area contributed by atoms with Crippen LogP contribution in [-0.2, 0) is 11.8 Å². The van der Waals surface area contributed by atoms with E-state index in [2.05, 4.69) is 88.4 Å². The number of hydrogen-bond donors (Lipinski definition) is 2. The number of rotatable bonds is 6. The van der Waals surface area contributed by atoms with E-state index in [0.717, 1.165) is 38.5 Å². The summed E-state index contributed by atoms with van der Waals surface area (Å²) in [5.41, 5.74) is 3.32. The highest BCUT2D eigenvalue weighted by molar-refractivity contribution is 7.99. The van der Waals surface area contributed by atoms with Gasteiger partial charge in [-0.25, -0.2) is 0 Å². The van der Waals surface area contributed by atoms with Crippen LogP contribution in [0.4, 0.5) is 0 Å². The fraction of sp³-hybridized carbons (Fsp3) is 0.226. The lowest BCUT2D eigenvalue weighted by atomic mass is 9.55. The molecule has 0 saturated carbocycles. The van der Waals surface area contributed by atoms with E-state index in [1.807, 2.05) is 24.3 Å².